The minimum absolute atomic E-state index is 0.731. The number of aromatic nitrogens is 1. The molecule has 17 heavy (non-hydrogen) atoms. The maximum atomic E-state index is 5.62. The summed E-state index contributed by atoms with van der Waals surface area (Å²) in [5, 5.41) is 1.35. The molecule has 0 atom stereocenters. The fraction of sp³-hybridized carbons (Fsp3) is 0.467. The van der Waals surface area contributed by atoms with Gasteiger partial charge in [0.05, 0.1) is 0 Å². The van der Waals surface area contributed by atoms with Gasteiger partial charge in [0.15, 0.2) is 0 Å². The Morgan fingerprint density at radius 1 is 1.24 bits per heavy atom. The summed E-state index contributed by atoms with van der Waals surface area (Å²) in [7, 11) is 0. The van der Waals surface area contributed by atoms with Gasteiger partial charge in [-0.1, -0.05) is 18.6 Å². The summed E-state index contributed by atoms with van der Waals surface area (Å²) >= 11 is 0. The predicted octanol–water partition coefficient (Wildman–Crippen LogP) is 2.94. The molecule has 1 saturated carbocycles. The number of rotatable bonds is 4. The topological polar surface area (TPSA) is 30.9 Å². The summed E-state index contributed by atoms with van der Waals surface area (Å²) in [4.78, 5) is 0. The van der Waals surface area contributed by atoms with E-state index in [4.69, 9.17) is 5.73 Å². The smallest absolute Gasteiger partial charge is 0.0483 e. The molecule has 0 radical (unpaired) electrons. The Kier molecular flexibility index (Phi) is 2.89. The van der Waals surface area contributed by atoms with Gasteiger partial charge in [0.1, 0.15) is 0 Å². The first-order chi connectivity index (χ1) is 8.36. The van der Waals surface area contributed by atoms with Crippen LogP contribution >= 0.6 is 0 Å². The van der Waals surface area contributed by atoms with Crippen LogP contribution in [0.1, 0.15) is 24.8 Å². The van der Waals surface area contributed by atoms with Crippen molar-refractivity contribution in [3.63, 3.8) is 0 Å². The quantitative estimate of drug-likeness (QED) is 0.857. The highest BCUT2D eigenvalue weighted by atomic mass is 15.0. The van der Waals surface area contributed by atoms with Gasteiger partial charge in [-0.2, -0.15) is 0 Å². The Hall–Kier alpha value is -1.28. The second-order valence-electron chi connectivity index (χ2n) is 5.20. The van der Waals surface area contributed by atoms with E-state index in [1.807, 2.05) is 0 Å². The predicted molar refractivity (Wildman–Crippen MR) is 72.0 cm³/mol. The van der Waals surface area contributed by atoms with Crippen LogP contribution in [0.5, 0.6) is 0 Å². The molecule has 2 heteroatoms. The van der Waals surface area contributed by atoms with Crippen molar-refractivity contribution in [3.8, 4) is 0 Å². The third kappa shape index (κ3) is 2.09. The molecule has 1 heterocycles. The van der Waals surface area contributed by atoms with Gasteiger partial charge in [-0.05, 0) is 54.8 Å². The molecular weight excluding hydrogens is 208 g/mol. The zero-order valence-corrected chi connectivity index (χ0v) is 10.2. The van der Waals surface area contributed by atoms with Gasteiger partial charge in [-0.15, -0.1) is 0 Å². The molecule has 1 fully saturated rings. The molecule has 0 bridgehead atoms. The van der Waals surface area contributed by atoms with E-state index in [1.54, 1.807) is 0 Å². The monoisotopic (exact) mass is 228 g/mol. The van der Waals surface area contributed by atoms with E-state index < -0.39 is 0 Å². The molecule has 2 nitrogen and oxygen atoms in total. The SMILES string of the molecule is NCCc1ccc2ccn(CC3CCC3)c2c1. The summed E-state index contributed by atoms with van der Waals surface area (Å²) in [5.74, 6) is 0.906. The molecule has 2 N–H and O–H groups in total. The zero-order valence-electron chi connectivity index (χ0n) is 10.2. The van der Waals surface area contributed by atoms with Crippen LogP contribution in [-0.2, 0) is 13.0 Å². The van der Waals surface area contributed by atoms with Crippen LogP contribution in [0.25, 0.3) is 10.9 Å². The van der Waals surface area contributed by atoms with E-state index >= 15 is 0 Å². The highest BCUT2D eigenvalue weighted by Gasteiger charge is 2.18. The van der Waals surface area contributed by atoms with Crippen LogP contribution in [-0.4, -0.2) is 11.1 Å². The van der Waals surface area contributed by atoms with Crippen molar-refractivity contribution in [2.45, 2.75) is 32.2 Å². The van der Waals surface area contributed by atoms with Crippen LogP contribution in [0.2, 0.25) is 0 Å². The van der Waals surface area contributed by atoms with E-state index in [9.17, 15) is 0 Å². The van der Waals surface area contributed by atoms with E-state index in [-0.39, 0.29) is 0 Å². The lowest BCUT2D eigenvalue weighted by molar-refractivity contribution is 0.280. The number of nitrogens with zero attached hydrogens (tertiary/aromatic N) is 1. The van der Waals surface area contributed by atoms with Gasteiger partial charge < -0.3 is 10.3 Å². The van der Waals surface area contributed by atoms with E-state index in [0.29, 0.717) is 0 Å². The second kappa shape index (κ2) is 4.53. The zero-order chi connectivity index (χ0) is 11.7. The molecule has 0 spiro atoms. The average molecular weight is 228 g/mol. The van der Waals surface area contributed by atoms with E-state index in [1.165, 1.54) is 42.3 Å². The first-order valence-electron chi connectivity index (χ1n) is 6.64. The Morgan fingerprint density at radius 2 is 2.12 bits per heavy atom. The summed E-state index contributed by atoms with van der Waals surface area (Å²) in [6, 6.07) is 8.95. The number of nitrogens with two attached hydrogens (primary N) is 1. The van der Waals surface area contributed by atoms with Crippen molar-refractivity contribution < 1.29 is 0 Å². The molecule has 0 amide bonds. The Labute approximate surface area is 102 Å². The summed E-state index contributed by atoms with van der Waals surface area (Å²) < 4.78 is 2.42. The molecule has 1 aromatic heterocycles. The highest BCUT2D eigenvalue weighted by molar-refractivity contribution is 5.80. The third-order valence-electron chi connectivity index (χ3n) is 3.95. The summed E-state index contributed by atoms with van der Waals surface area (Å²) in [6.07, 6.45) is 7.44. The van der Waals surface area contributed by atoms with Gasteiger partial charge in [0, 0.05) is 18.3 Å². The number of benzene rings is 1. The van der Waals surface area contributed by atoms with Crippen LogP contribution < -0.4 is 5.73 Å². The van der Waals surface area contributed by atoms with Crippen molar-refractivity contribution in [1.82, 2.24) is 4.57 Å². The maximum Gasteiger partial charge on any atom is 0.0483 e. The van der Waals surface area contributed by atoms with Crippen LogP contribution in [0, 0.1) is 5.92 Å². The lowest BCUT2D eigenvalue weighted by Gasteiger charge is -2.26. The number of hydrogen-bond acceptors (Lipinski definition) is 1. The summed E-state index contributed by atoms with van der Waals surface area (Å²) in [6.45, 7) is 1.92. The van der Waals surface area contributed by atoms with Crippen molar-refractivity contribution in [2.75, 3.05) is 6.54 Å². The number of fused-ring (bicyclic) bond motifs is 1. The molecule has 2 aromatic rings. The summed E-state index contributed by atoms with van der Waals surface area (Å²) in [5.41, 5.74) is 8.36. The standard InChI is InChI=1S/C15H20N2/c16-8-6-12-4-5-14-7-9-17(15(14)10-12)11-13-2-1-3-13/h4-5,7,9-10,13H,1-3,6,8,11,16H2. The van der Waals surface area contributed by atoms with Crippen molar-refractivity contribution in [3.05, 3.63) is 36.0 Å². The van der Waals surface area contributed by atoms with Gasteiger partial charge in [0.2, 0.25) is 0 Å². The normalized spacial score (nSPS) is 16.3. The van der Waals surface area contributed by atoms with Crippen LogP contribution in [0.3, 0.4) is 0 Å². The second-order valence-corrected chi connectivity index (χ2v) is 5.20. The lowest BCUT2D eigenvalue weighted by atomic mass is 9.85. The largest absolute Gasteiger partial charge is 0.347 e. The molecule has 0 aliphatic heterocycles. The third-order valence-corrected chi connectivity index (χ3v) is 3.95. The molecule has 0 unspecified atom stereocenters. The average Bonchev–Trinajstić information content (AvgIpc) is 2.67. The van der Waals surface area contributed by atoms with Gasteiger partial charge in [-0.3, -0.25) is 0 Å². The molecule has 1 aliphatic carbocycles. The number of hydrogen-bond donors (Lipinski definition) is 1. The van der Waals surface area contributed by atoms with Crippen molar-refractivity contribution >= 4 is 10.9 Å². The fourth-order valence-electron chi connectivity index (χ4n) is 2.66. The van der Waals surface area contributed by atoms with E-state index in [0.717, 1.165) is 18.9 Å². The molecule has 1 aliphatic rings. The van der Waals surface area contributed by atoms with Crippen LogP contribution in [0.15, 0.2) is 30.5 Å². The Bertz CT molecular complexity index is 509. The molecule has 0 saturated heterocycles. The van der Waals surface area contributed by atoms with E-state index in [2.05, 4.69) is 35.0 Å². The molecule has 1 aromatic carbocycles. The first-order valence-corrected chi connectivity index (χ1v) is 6.64. The Balaban J connectivity index is 1.91. The van der Waals surface area contributed by atoms with Crippen molar-refractivity contribution in [1.29, 1.82) is 0 Å². The highest BCUT2D eigenvalue weighted by Crippen LogP contribution is 2.29. The molecule has 90 valence electrons. The van der Waals surface area contributed by atoms with Gasteiger partial charge >= 0.3 is 0 Å². The maximum absolute atomic E-state index is 5.62. The van der Waals surface area contributed by atoms with Crippen LogP contribution in [0.4, 0.5) is 0 Å². The molecule has 3 rings (SSSR count). The minimum Gasteiger partial charge on any atom is -0.347 e. The van der Waals surface area contributed by atoms with Gasteiger partial charge in [-0.25, -0.2) is 0 Å². The first kappa shape index (κ1) is 10.8. The van der Waals surface area contributed by atoms with Gasteiger partial charge in [0.25, 0.3) is 0 Å². The Morgan fingerprint density at radius 3 is 2.82 bits per heavy atom. The minimum atomic E-state index is 0.731. The van der Waals surface area contributed by atoms with Crippen molar-refractivity contribution in [2.24, 2.45) is 11.7 Å². The fourth-order valence-corrected chi connectivity index (χ4v) is 2.66. The molecular formula is C15H20N2. The lowest BCUT2D eigenvalue weighted by Crippen LogP contribution is -2.17.